The number of benzene rings is 1. The molecule has 1 atom stereocenters. The molecule has 4 nitrogen and oxygen atoms in total. The SMILES string of the molecule is CC(C)=CCc1cc(/C=C/C(=O)O)cc2c1O[C@@H](C(C)(C)O)C2. The average Bonchev–Trinajstić information content (AvgIpc) is 2.86. The number of allylic oxidation sites excluding steroid dienone is 2. The van der Waals surface area contributed by atoms with Crippen LogP contribution in [0.2, 0.25) is 0 Å². The fraction of sp³-hybridized carbons (Fsp3) is 0.421. The summed E-state index contributed by atoms with van der Waals surface area (Å²) in [5.41, 5.74) is 3.15. The molecule has 1 aromatic rings. The highest BCUT2D eigenvalue weighted by Crippen LogP contribution is 2.37. The Bertz CT molecular complexity index is 659. The normalized spacial score (nSPS) is 17.0. The zero-order chi connectivity index (χ0) is 17.2. The molecule has 0 saturated carbocycles. The van der Waals surface area contributed by atoms with Crippen molar-refractivity contribution in [1.82, 2.24) is 0 Å². The molecule has 124 valence electrons. The predicted molar refractivity (Wildman–Crippen MR) is 90.7 cm³/mol. The molecule has 4 heteroatoms. The van der Waals surface area contributed by atoms with Gasteiger partial charge in [0.05, 0.1) is 5.60 Å². The maximum absolute atomic E-state index is 10.7. The topological polar surface area (TPSA) is 66.8 Å². The zero-order valence-electron chi connectivity index (χ0n) is 14.1. The number of carboxylic acid groups (broad SMARTS) is 1. The summed E-state index contributed by atoms with van der Waals surface area (Å²) in [4.78, 5) is 10.7. The largest absolute Gasteiger partial charge is 0.487 e. The summed E-state index contributed by atoms with van der Waals surface area (Å²) in [6, 6.07) is 3.89. The quantitative estimate of drug-likeness (QED) is 0.645. The summed E-state index contributed by atoms with van der Waals surface area (Å²) in [7, 11) is 0. The van der Waals surface area contributed by atoms with Gasteiger partial charge in [-0.05, 0) is 69.0 Å². The van der Waals surface area contributed by atoms with Crippen molar-refractivity contribution in [3.05, 3.63) is 46.5 Å². The van der Waals surface area contributed by atoms with Gasteiger partial charge in [0.15, 0.2) is 0 Å². The number of rotatable bonds is 5. The van der Waals surface area contributed by atoms with E-state index in [0.29, 0.717) is 6.42 Å². The monoisotopic (exact) mass is 316 g/mol. The molecule has 2 N–H and O–H groups in total. The van der Waals surface area contributed by atoms with Crippen molar-refractivity contribution in [2.45, 2.75) is 52.2 Å². The molecule has 0 bridgehead atoms. The highest BCUT2D eigenvalue weighted by Gasteiger charge is 2.35. The summed E-state index contributed by atoms with van der Waals surface area (Å²) in [5, 5.41) is 19.0. The van der Waals surface area contributed by atoms with Gasteiger partial charge in [-0.3, -0.25) is 0 Å². The van der Waals surface area contributed by atoms with Gasteiger partial charge in [-0.25, -0.2) is 4.79 Å². The van der Waals surface area contributed by atoms with Crippen LogP contribution < -0.4 is 4.74 Å². The van der Waals surface area contributed by atoms with E-state index in [1.54, 1.807) is 19.9 Å². The molecular weight excluding hydrogens is 292 g/mol. The summed E-state index contributed by atoms with van der Waals surface area (Å²) in [6.45, 7) is 7.55. The van der Waals surface area contributed by atoms with Crippen molar-refractivity contribution in [2.24, 2.45) is 0 Å². The first-order valence-corrected chi connectivity index (χ1v) is 7.76. The lowest BCUT2D eigenvalue weighted by molar-refractivity contribution is -0.131. The first kappa shape index (κ1) is 17.3. The maximum atomic E-state index is 10.7. The smallest absolute Gasteiger partial charge is 0.328 e. The van der Waals surface area contributed by atoms with Crippen LogP contribution in [0.1, 0.15) is 44.4 Å². The molecule has 0 radical (unpaired) electrons. The summed E-state index contributed by atoms with van der Waals surface area (Å²) in [6.07, 6.45) is 5.89. The summed E-state index contributed by atoms with van der Waals surface area (Å²) < 4.78 is 6.00. The zero-order valence-corrected chi connectivity index (χ0v) is 14.1. The van der Waals surface area contributed by atoms with Crippen molar-refractivity contribution in [2.75, 3.05) is 0 Å². The van der Waals surface area contributed by atoms with Gasteiger partial charge in [-0.15, -0.1) is 0 Å². The van der Waals surface area contributed by atoms with Crippen LogP contribution >= 0.6 is 0 Å². The van der Waals surface area contributed by atoms with Crippen LogP contribution in [-0.2, 0) is 17.6 Å². The molecule has 23 heavy (non-hydrogen) atoms. The van der Waals surface area contributed by atoms with Gasteiger partial charge < -0.3 is 14.9 Å². The van der Waals surface area contributed by atoms with E-state index in [1.165, 1.54) is 5.57 Å². The van der Waals surface area contributed by atoms with Gasteiger partial charge in [0.2, 0.25) is 0 Å². The number of hydrogen-bond acceptors (Lipinski definition) is 3. The van der Waals surface area contributed by atoms with Gasteiger partial charge in [0.1, 0.15) is 11.9 Å². The third-order valence-corrected chi connectivity index (χ3v) is 3.87. The number of carbonyl (C=O) groups is 1. The van der Waals surface area contributed by atoms with Gasteiger partial charge in [0.25, 0.3) is 0 Å². The fourth-order valence-electron chi connectivity index (χ4n) is 2.59. The molecule has 1 aliphatic heterocycles. The number of hydrogen-bond donors (Lipinski definition) is 2. The highest BCUT2D eigenvalue weighted by molar-refractivity contribution is 5.85. The van der Waals surface area contributed by atoms with E-state index in [4.69, 9.17) is 9.84 Å². The van der Waals surface area contributed by atoms with Crippen LogP contribution in [0.4, 0.5) is 0 Å². The van der Waals surface area contributed by atoms with Gasteiger partial charge in [-0.2, -0.15) is 0 Å². The molecule has 2 rings (SSSR count). The van der Waals surface area contributed by atoms with E-state index in [9.17, 15) is 9.90 Å². The van der Waals surface area contributed by atoms with Crippen LogP contribution in [0, 0.1) is 0 Å². The molecule has 0 aliphatic carbocycles. The minimum Gasteiger partial charge on any atom is -0.487 e. The van der Waals surface area contributed by atoms with Crippen molar-refractivity contribution >= 4 is 12.0 Å². The first-order valence-electron chi connectivity index (χ1n) is 7.76. The lowest BCUT2D eigenvalue weighted by atomic mass is 9.95. The van der Waals surface area contributed by atoms with E-state index in [2.05, 4.69) is 6.08 Å². The predicted octanol–water partition coefficient (Wildman–Crippen LogP) is 3.37. The van der Waals surface area contributed by atoms with Crippen LogP contribution in [0.3, 0.4) is 0 Å². The van der Waals surface area contributed by atoms with E-state index in [0.717, 1.165) is 34.9 Å². The Balaban J connectivity index is 2.41. The first-order chi connectivity index (χ1) is 10.7. The van der Waals surface area contributed by atoms with E-state index >= 15 is 0 Å². The molecule has 0 fully saturated rings. The van der Waals surface area contributed by atoms with Crippen LogP contribution in [0.25, 0.3) is 6.08 Å². The standard InChI is InChI=1S/C19H24O4/c1-12(2)5-7-14-9-13(6-8-17(20)21)10-15-11-16(19(3,4)22)23-18(14)15/h5-6,8-10,16,22H,7,11H2,1-4H3,(H,20,21)/b8-6+/t16-/m1/s1. The van der Waals surface area contributed by atoms with Crippen molar-refractivity contribution in [3.63, 3.8) is 0 Å². The van der Waals surface area contributed by atoms with Crippen LogP contribution in [-0.4, -0.2) is 27.9 Å². The molecule has 1 heterocycles. The Kier molecular flexibility index (Phi) is 4.95. The Hall–Kier alpha value is -2.07. The molecular formula is C19H24O4. The van der Waals surface area contributed by atoms with Crippen molar-refractivity contribution in [3.8, 4) is 5.75 Å². The number of fused-ring (bicyclic) bond motifs is 1. The highest BCUT2D eigenvalue weighted by atomic mass is 16.5. The second kappa shape index (κ2) is 6.59. The molecule has 0 amide bonds. The van der Waals surface area contributed by atoms with Gasteiger partial charge in [-0.1, -0.05) is 11.6 Å². The second-order valence-electron chi connectivity index (χ2n) is 6.79. The number of ether oxygens (including phenoxy) is 1. The Labute approximate surface area is 137 Å². The molecule has 0 saturated heterocycles. The van der Waals surface area contributed by atoms with Gasteiger partial charge >= 0.3 is 5.97 Å². The van der Waals surface area contributed by atoms with Crippen LogP contribution in [0.15, 0.2) is 29.9 Å². The fourth-order valence-corrected chi connectivity index (χ4v) is 2.59. The van der Waals surface area contributed by atoms with E-state index in [-0.39, 0.29) is 6.10 Å². The Morgan fingerprint density at radius 3 is 2.65 bits per heavy atom. The molecule has 0 aromatic heterocycles. The minimum atomic E-state index is -0.970. The van der Waals surface area contributed by atoms with Crippen molar-refractivity contribution < 1.29 is 19.7 Å². The van der Waals surface area contributed by atoms with E-state index in [1.807, 2.05) is 26.0 Å². The molecule has 0 unspecified atom stereocenters. The Morgan fingerprint density at radius 1 is 1.39 bits per heavy atom. The number of aliphatic carboxylic acids is 1. The third-order valence-electron chi connectivity index (χ3n) is 3.87. The Morgan fingerprint density at radius 2 is 2.09 bits per heavy atom. The van der Waals surface area contributed by atoms with Crippen molar-refractivity contribution in [1.29, 1.82) is 0 Å². The summed E-state index contributed by atoms with van der Waals surface area (Å²) >= 11 is 0. The minimum absolute atomic E-state index is 0.290. The van der Waals surface area contributed by atoms with Crippen LogP contribution in [0.5, 0.6) is 5.75 Å². The lowest BCUT2D eigenvalue weighted by Crippen LogP contribution is -2.39. The third kappa shape index (κ3) is 4.45. The lowest BCUT2D eigenvalue weighted by Gasteiger charge is -2.24. The average molecular weight is 316 g/mol. The maximum Gasteiger partial charge on any atom is 0.328 e. The molecule has 1 aliphatic rings. The van der Waals surface area contributed by atoms with Gasteiger partial charge in [0, 0.05) is 12.5 Å². The second-order valence-corrected chi connectivity index (χ2v) is 6.79. The molecule has 0 spiro atoms. The number of carboxylic acids is 1. The molecule has 1 aromatic carbocycles. The summed E-state index contributed by atoms with van der Waals surface area (Å²) in [5.74, 6) is -0.149. The van der Waals surface area contributed by atoms with E-state index < -0.39 is 11.6 Å². The number of aliphatic hydroxyl groups is 1.